The lowest BCUT2D eigenvalue weighted by Crippen LogP contribution is -2.29. The molecule has 2 N–H and O–H groups in total. The average Bonchev–Trinajstić information content (AvgIpc) is 2.43. The highest BCUT2D eigenvalue weighted by atomic mass is 16.4. The van der Waals surface area contributed by atoms with Crippen LogP contribution in [0.4, 0.5) is 5.69 Å². The number of carboxylic acids is 1. The maximum absolute atomic E-state index is 11.2. The standard InChI is InChI=1S/C15H22N2O3/c1-12-6-3-4-7-13(12)17(11-9-15(19)20)10-5-8-14(18)16-2/h3-4,6-7H,5,8-11H2,1-2H3,(H,16,18)(H,19,20). The predicted molar refractivity (Wildman–Crippen MR) is 78.9 cm³/mol. The van der Waals surface area contributed by atoms with Crippen molar-refractivity contribution in [3.05, 3.63) is 29.8 Å². The zero-order valence-electron chi connectivity index (χ0n) is 12.1. The lowest BCUT2D eigenvalue weighted by Gasteiger charge is -2.25. The molecule has 0 bridgehead atoms. The lowest BCUT2D eigenvalue weighted by atomic mass is 10.1. The quantitative estimate of drug-likeness (QED) is 0.761. The van der Waals surface area contributed by atoms with Gasteiger partial charge in [-0.25, -0.2) is 0 Å². The fraction of sp³-hybridized carbons (Fsp3) is 0.467. The van der Waals surface area contributed by atoms with Crippen molar-refractivity contribution in [3.63, 3.8) is 0 Å². The number of carboxylic acid groups (broad SMARTS) is 1. The Bertz CT molecular complexity index is 460. The third-order valence-electron chi connectivity index (χ3n) is 3.16. The topological polar surface area (TPSA) is 69.6 Å². The number of anilines is 1. The number of para-hydroxylation sites is 1. The van der Waals surface area contributed by atoms with Crippen LogP contribution >= 0.6 is 0 Å². The lowest BCUT2D eigenvalue weighted by molar-refractivity contribution is -0.136. The minimum atomic E-state index is -0.810. The molecule has 110 valence electrons. The SMILES string of the molecule is CNC(=O)CCCN(CCC(=O)O)c1ccccc1C. The highest BCUT2D eigenvalue weighted by molar-refractivity contribution is 5.75. The number of carbonyl (C=O) groups is 2. The van der Waals surface area contributed by atoms with Crippen molar-refractivity contribution in [3.8, 4) is 0 Å². The van der Waals surface area contributed by atoms with Crippen molar-refractivity contribution in [2.24, 2.45) is 0 Å². The van der Waals surface area contributed by atoms with E-state index < -0.39 is 5.97 Å². The Morgan fingerprint density at radius 3 is 2.50 bits per heavy atom. The summed E-state index contributed by atoms with van der Waals surface area (Å²) in [6, 6.07) is 7.88. The van der Waals surface area contributed by atoms with E-state index in [1.807, 2.05) is 36.1 Å². The summed E-state index contributed by atoms with van der Waals surface area (Å²) >= 11 is 0. The second kappa shape index (κ2) is 8.19. The number of hydrogen-bond donors (Lipinski definition) is 2. The van der Waals surface area contributed by atoms with Gasteiger partial charge in [0, 0.05) is 32.2 Å². The summed E-state index contributed by atoms with van der Waals surface area (Å²) in [4.78, 5) is 24.0. The minimum Gasteiger partial charge on any atom is -0.481 e. The Morgan fingerprint density at radius 2 is 1.90 bits per heavy atom. The van der Waals surface area contributed by atoms with Crippen molar-refractivity contribution in [1.29, 1.82) is 0 Å². The summed E-state index contributed by atoms with van der Waals surface area (Å²) in [7, 11) is 1.62. The summed E-state index contributed by atoms with van der Waals surface area (Å²) < 4.78 is 0. The van der Waals surface area contributed by atoms with Crippen LogP contribution in [0.15, 0.2) is 24.3 Å². The van der Waals surface area contributed by atoms with E-state index in [4.69, 9.17) is 5.11 Å². The summed E-state index contributed by atoms with van der Waals surface area (Å²) in [6.45, 7) is 3.13. The smallest absolute Gasteiger partial charge is 0.305 e. The van der Waals surface area contributed by atoms with Crippen LogP contribution in [0.25, 0.3) is 0 Å². The zero-order chi connectivity index (χ0) is 15.0. The van der Waals surface area contributed by atoms with Gasteiger partial charge < -0.3 is 15.3 Å². The van der Waals surface area contributed by atoms with Gasteiger partial charge in [0.05, 0.1) is 6.42 Å². The predicted octanol–water partition coefficient (Wildman–Crippen LogP) is 1.80. The molecule has 1 aromatic carbocycles. The van der Waals surface area contributed by atoms with Crippen molar-refractivity contribution in [2.75, 3.05) is 25.0 Å². The van der Waals surface area contributed by atoms with E-state index in [1.54, 1.807) is 7.05 Å². The molecule has 0 saturated carbocycles. The first-order valence-electron chi connectivity index (χ1n) is 6.77. The number of amides is 1. The second-order valence-electron chi connectivity index (χ2n) is 4.69. The van der Waals surface area contributed by atoms with Crippen LogP contribution < -0.4 is 10.2 Å². The number of carbonyl (C=O) groups excluding carboxylic acids is 1. The normalized spacial score (nSPS) is 10.1. The molecule has 0 heterocycles. The first kappa shape index (κ1) is 16.0. The van der Waals surface area contributed by atoms with Gasteiger partial charge in [-0.3, -0.25) is 9.59 Å². The molecular weight excluding hydrogens is 256 g/mol. The van der Waals surface area contributed by atoms with Gasteiger partial charge in [-0.1, -0.05) is 18.2 Å². The summed E-state index contributed by atoms with van der Waals surface area (Å²) in [5, 5.41) is 11.4. The molecule has 1 amide bonds. The van der Waals surface area contributed by atoms with Gasteiger partial charge in [0.2, 0.25) is 5.91 Å². The second-order valence-corrected chi connectivity index (χ2v) is 4.69. The van der Waals surface area contributed by atoms with Gasteiger partial charge in [-0.15, -0.1) is 0 Å². The molecule has 0 aliphatic rings. The maximum atomic E-state index is 11.2. The molecule has 0 aliphatic carbocycles. The number of hydrogen-bond acceptors (Lipinski definition) is 3. The largest absolute Gasteiger partial charge is 0.481 e. The Hall–Kier alpha value is -2.04. The van der Waals surface area contributed by atoms with Crippen LogP contribution in [-0.2, 0) is 9.59 Å². The molecule has 0 radical (unpaired) electrons. The van der Waals surface area contributed by atoms with Crippen molar-refractivity contribution in [2.45, 2.75) is 26.2 Å². The number of aryl methyl sites for hydroxylation is 1. The Morgan fingerprint density at radius 1 is 1.20 bits per heavy atom. The van der Waals surface area contributed by atoms with Gasteiger partial charge >= 0.3 is 5.97 Å². The molecule has 1 rings (SSSR count). The van der Waals surface area contributed by atoms with Gasteiger partial charge in [0.25, 0.3) is 0 Å². The summed E-state index contributed by atoms with van der Waals surface area (Å²) in [5.74, 6) is -0.803. The van der Waals surface area contributed by atoms with Gasteiger partial charge in [0.15, 0.2) is 0 Å². The van der Waals surface area contributed by atoms with Crippen molar-refractivity contribution < 1.29 is 14.7 Å². The van der Waals surface area contributed by atoms with Gasteiger partial charge in [-0.05, 0) is 25.0 Å². The number of benzene rings is 1. The molecule has 0 fully saturated rings. The Kier molecular flexibility index (Phi) is 6.56. The van der Waals surface area contributed by atoms with Gasteiger partial charge in [0.1, 0.15) is 0 Å². The molecule has 5 heteroatoms. The highest BCUT2D eigenvalue weighted by Crippen LogP contribution is 2.20. The average molecular weight is 278 g/mol. The van der Waals surface area contributed by atoms with Crippen LogP contribution in [0.1, 0.15) is 24.8 Å². The molecule has 0 aliphatic heterocycles. The fourth-order valence-corrected chi connectivity index (χ4v) is 2.06. The third kappa shape index (κ3) is 5.30. The van der Waals surface area contributed by atoms with Crippen LogP contribution in [0.2, 0.25) is 0 Å². The van der Waals surface area contributed by atoms with Crippen LogP contribution in [0, 0.1) is 6.92 Å². The highest BCUT2D eigenvalue weighted by Gasteiger charge is 2.11. The van der Waals surface area contributed by atoms with Crippen molar-refractivity contribution in [1.82, 2.24) is 5.32 Å². The van der Waals surface area contributed by atoms with Crippen LogP contribution in [-0.4, -0.2) is 37.1 Å². The molecular formula is C15H22N2O3. The molecule has 5 nitrogen and oxygen atoms in total. The van der Waals surface area contributed by atoms with E-state index in [2.05, 4.69) is 5.32 Å². The van der Waals surface area contributed by atoms with E-state index in [-0.39, 0.29) is 12.3 Å². The molecule has 0 unspecified atom stereocenters. The monoisotopic (exact) mass is 278 g/mol. The third-order valence-corrected chi connectivity index (χ3v) is 3.16. The Labute approximate surface area is 119 Å². The van der Waals surface area contributed by atoms with E-state index in [9.17, 15) is 9.59 Å². The first-order valence-corrected chi connectivity index (χ1v) is 6.77. The summed E-state index contributed by atoms with van der Waals surface area (Å²) in [5.41, 5.74) is 2.14. The molecule has 0 saturated heterocycles. The maximum Gasteiger partial charge on any atom is 0.305 e. The van der Waals surface area contributed by atoms with Crippen LogP contribution in [0.3, 0.4) is 0 Å². The van der Waals surface area contributed by atoms with E-state index >= 15 is 0 Å². The zero-order valence-corrected chi connectivity index (χ0v) is 12.1. The molecule has 0 spiro atoms. The molecule has 20 heavy (non-hydrogen) atoms. The molecule has 0 aromatic heterocycles. The number of nitrogens with one attached hydrogen (secondary N) is 1. The Balaban J connectivity index is 2.67. The first-order chi connectivity index (χ1) is 9.54. The van der Waals surface area contributed by atoms with E-state index in [0.29, 0.717) is 25.9 Å². The number of rotatable bonds is 8. The number of aliphatic carboxylic acids is 1. The van der Waals surface area contributed by atoms with Crippen LogP contribution in [0.5, 0.6) is 0 Å². The van der Waals surface area contributed by atoms with Crippen molar-refractivity contribution >= 4 is 17.6 Å². The molecule has 0 atom stereocenters. The summed E-state index contributed by atoms with van der Waals surface area (Å²) in [6.07, 6.45) is 1.24. The fourth-order valence-electron chi connectivity index (χ4n) is 2.06. The van der Waals surface area contributed by atoms with E-state index in [1.165, 1.54) is 0 Å². The van der Waals surface area contributed by atoms with Gasteiger partial charge in [-0.2, -0.15) is 0 Å². The van der Waals surface area contributed by atoms with E-state index in [0.717, 1.165) is 11.3 Å². The minimum absolute atomic E-state index is 0.00738. The number of nitrogens with zero attached hydrogens (tertiary/aromatic N) is 1. The molecule has 1 aromatic rings.